The number of aryl methyl sites for hydroxylation is 1. The molecule has 0 radical (unpaired) electrons. The third-order valence-electron chi connectivity index (χ3n) is 4.11. The molecular weight excluding hydrogens is 298 g/mol. The second-order valence-corrected chi connectivity index (χ2v) is 5.67. The molecule has 4 heteroatoms. The number of pyridine rings is 1. The molecule has 24 heavy (non-hydrogen) atoms. The highest BCUT2D eigenvalue weighted by Gasteiger charge is 2.14. The Labute approximate surface area is 140 Å². The minimum absolute atomic E-state index is 0.689. The van der Waals surface area contributed by atoms with Crippen molar-refractivity contribution >= 4 is 0 Å². The summed E-state index contributed by atoms with van der Waals surface area (Å²) in [6.45, 7) is 2.77. The average molecular weight is 315 g/mol. The minimum atomic E-state index is 0.689. The van der Waals surface area contributed by atoms with Gasteiger partial charge in [0.15, 0.2) is 0 Å². The maximum atomic E-state index is 5.59. The summed E-state index contributed by atoms with van der Waals surface area (Å²) in [5.74, 6) is 1.75. The van der Waals surface area contributed by atoms with E-state index < -0.39 is 0 Å². The number of imidazole rings is 1. The van der Waals surface area contributed by atoms with E-state index in [-0.39, 0.29) is 0 Å². The summed E-state index contributed by atoms with van der Waals surface area (Å²) in [7, 11) is 0. The number of nitrogens with zero attached hydrogens (tertiary/aromatic N) is 3. The Morgan fingerprint density at radius 3 is 2.58 bits per heavy atom. The van der Waals surface area contributed by atoms with E-state index in [1.54, 1.807) is 6.26 Å². The van der Waals surface area contributed by atoms with Crippen LogP contribution < -0.4 is 0 Å². The fraction of sp³-hybridized carbons (Fsp3) is 0.100. The lowest BCUT2D eigenvalue weighted by Gasteiger charge is -2.11. The van der Waals surface area contributed by atoms with E-state index in [0.717, 1.165) is 28.4 Å². The van der Waals surface area contributed by atoms with Crippen LogP contribution in [0.5, 0.6) is 0 Å². The fourth-order valence-electron chi connectivity index (χ4n) is 2.85. The second-order valence-electron chi connectivity index (χ2n) is 5.67. The molecule has 0 amide bonds. The molecular formula is C20H17N3O. The molecule has 0 saturated carbocycles. The first-order valence-electron chi connectivity index (χ1n) is 7.88. The van der Waals surface area contributed by atoms with Gasteiger partial charge < -0.3 is 8.98 Å². The van der Waals surface area contributed by atoms with Crippen LogP contribution in [0.2, 0.25) is 0 Å². The molecule has 0 fully saturated rings. The quantitative estimate of drug-likeness (QED) is 0.554. The van der Waals surface area contributed by atoms with Crippen molar-refractivity contribution in [2.45, 2.75) is 13.5 Å². The smallest absolute Gasteiger partial charge is 0.140 e. The lowest BCUT2D eigenvalue weighted by atomic mass is 10.0. The van der Waals surface area contributed by atoms with Crippen molar-refractivity contribution in [2.24, 2.45) is 0 Å². The van der Waals surface area contributed by atoms with Crippen molar-refractivity contribution in [3.05, 3.63) is 84.6 Å². The third-order valence-corrected chi connectivity index (χ3v) is 4.11. The lowest BCUT2D eigenvalue weighted by molar-refractivity contribution is 0.582. The molecule has 4 aromatic rings. The van der Waals surface area contributed by atoms with Crippen LogP contribution in [0.15, 0.2) is 77.8 Å². The lowest BCUT2D eigenvalue weighted by Crippen LogP contribution is -2.05. The van der Waals surface area contributed by atoms with E-state index in [4.69, 9.17) is 4.42 Å². The summed E-state index contributed by atoms with van der Waals surface area (Å²) in [6, 6.07) is 16.1. The average Bonchev–Trinajstić information content (AvgIpc) is 3.29. The number of rotatable bonds is 4. The van der Waals surface area contributed by atoms with E-state index in [1.165, 1.54) is 5.56 Å². The third kappa shape index (κ3) is 2.63. The summed E-state index contributed by atoms with van der Waals surface area (Å²) in [5.41, 5.74) is 4.31. The number of hydrogen-bond acceptors (Lipinski definition) is 3. The van der Waals surface area contributed by atoms with Gasteiger partial charge in [0, 0.05) is 29.7 Å². The largest absolute Gasteiger partial charge is 0.464 e. The van der Waals surface area contributed by atoms with Crippen LogP contribution >= 0.6 is 0 Å². The van der Waals surface area contributed by atoms with Gasteiger partial charge in [0.05, 0.1) is 18.5 Å². The van der Waals surface area contributed by atoms with Crippen molar-refractivity contribution in [2.75, 3.05) is 0 Å². The first-order valence-corrected chi connectivity index (χ1v) is 7.88. The predicted molar refractivity (Wildman–Crippen MR) is 93.4 cm³/mol. The van der Waals surface area contributed by atoms with Gasteiger partial charge in [0.25, 0.3) is 0 Å². The van der Waals surface area contributed by atoms with Crippen molar-refractivity contribution in [1.29, 1.82) is 0 Å². The Morgan fingerprint density at radius 1 is 0.917 bits per heavy atom. The molecule has 0 N–H and O–H groups in total. The molecule has 0 aliphatic carbocycles. The van der Waals surface area contributed by atoms with Gasteiger partial charge in [-0.05, 0) is 30.7 Å². The van der Waals surface area contributed by atoms with Crippen molar-refractivity contribution in [3.63, 3.8) is 0 Å². The summed E-state index contributed by atoms with van der Waals surface area (Å²) in [6.07, 6.45) is 7.33. The van der Waals surface area contributed by atoms with Gasteiger partial charge in [-0.3, -0.25) is 4.98 Å². The number of benzene rings is 1. The highest BCUT2D eigenvalue weighted by molar-refractivity contribution is 5.78. The summed E-state index contributed by atoms with van der Waals surface area (Å²) in [5, 5.41) is 0. The van der Waals surface area contributed by atoms with Crippen molar-refractivity contribution < 1.29 is 4.42 Å². The van der Waals surface area contributed by atoms with Gasteiger partial charge in [0.2, 0.25) is 0 Å². The van der Waals surface area contributed by atoms with Crippen LogP contribution in [0.1, 0.15) is 11.3 Å². The van der Waals surface area contributed by atoms with Crippen LogP contribution in [0, 0.1) is 6.92 Å². The molecule has 3 aromatic heterocycles. The molecule has 118 valence electrons. The maximum Gasteiger partial charge on any atom is 0.140 e. The van der Waals surface area contributed by atoms with Gasteiger partial charge in [0.1, 0.15) is 11.6 Å². The van der Waals surface area contributed by atoms with E-state index in [9.17, 15) is 0 Å². The topological polar surface area (TPSA) is 43.9 Å². The molecule has 4 nitrogen and oxygen atoms in total. The fourth-order valence-corrected chi connectivity index (χ4v) is 2.85. The van der Waals surface area contributed by atoms with Gasteiger partial charge in [-0.15, -0.1) is 0 Å². The van der Waals surface area contributed by atoms with Crippen LogP contribution in [0.3, 0.4) is 0 Å². The van der Waals surface area contributed by atoms with Gasteiger partial charge >= 0.3 is 0 Å². The van der Waals surface area contributed by atoms with E-state index in [0.29, 0.717) is 6.54 Å². The monoisotopic (exact) mass is 315 g/mol. The van der Waals surface area contributed by atoms with Crippen LogP contribution in [-0.4, -0.2) is 14.5 Å². The van der Waals surface area contributed by atoms with Gasteiger partial charge in [-0.1, -0.05) is 30.3 Å². The normalized spacial score (nSPS) is 10.9. The molecule has 1 aromatic carbocycles. The maximum absolute atomic E-state index is 5.59. The Bertz CT molecular complexity index is 954. The first-order chi connectivity index (χ1) is 11.8. The Balaban J connectivity index is 1.78. The van der Waals surface area contributed by atoms with Crippen LogP contribution in [-0.2, 0) is 6.54 Å². The highest BCUT2D eigenvalue weighted by atomic mass is 16.3. The van der Waals surface area contributed by atoms with E-state index in [2.05, 4.69) is 39.7 Å². The van der Waals surface area contributed by atoms with Gasteiger partial charge in [-0.25, -0.2) is 4.98 Å². The Morgan fingerprint density at radius 2 is 1.79 bits per heavy atom. The molecule has 0 atom stereocenters. The molecule has 0 aliphatic rings. The standard InChI is InChI=1S/C20H17N3O/c1-15-6-4-10-21-18(15)14-23-12-11-22-20(23)17-8-3-2-7-16(17)19-9-5-13-24-19/h2-13H,14H2,1H3. The molecule has 3 heterocycles. The van der Waals surface area contributed by atoms with Crippen LogP contribution in [0.4, 0.5) is 0 Å². The van der Waals surface area contributed by atoms with Crippen molar-refractivity contribution in [3.8, 4) is 22.7 Å². The van der Waals surface area contributed by atoms with E-state index in [1.807, 2.05) is 48.9 Å². The predicted octanol–water partition coefficient (Wildman–Crippen LogP) is 4.56. The molecule has 0 saturated heterocycles. The zero-order chi connectivity index (χ0) is 16.4. The Hall–Kier alpha value is -3.14. The molecule has 0 aliphatic heterocycles. The Kier molecular flexibility index (Phi) is 3.71. The molecule has 0 unspecified atom stereocenters. The molecule has 4 rings (SSSR count). The first kappa shape index (κ1) is 14.5. The summed E-state index contributed by atoms with van der Waals surface area (Å²) in [4.78, 5) is 9.07. The van der Waals surface area contributed by atoms with Crippen LogP contribution in [0.25, 0.3) is 22.7 Å². The van der Waals surface area contributed by atoms with E-state index >= 15 is 0 Å². The zero-order valence-corrected chi connectivity index (χ0v) is 13.4. The second kappa shape index (κ2) is 6.16. The number of hydrogen-bond donors (Lipinski definition) is 0. The SMILES string of the molecule is Cc1cccnc1Cn1ccnc1-c1ccccc1-c1ccco1. The van der Waals surface area contributed by atoms with Crippen molar-refractivity contribution in [1.82, 2.24) is 14.5 Å². The highest BCUT2D eigenvalue weighted by Crippen LogP contribution is 2.31. The van der Waals surface area contributed by atoms with Gasteiger partial charge in [-0.2, -0.15) is 0 Å². The molecule has 0 bridgehead atoms. The number of aromatic nitrogens is 3. The zero-order valence-electron chi connectivity index (χ0n) is 13.4. The summed E-state index contributed by atoms with van der Waals surface area (Å²) >= 11 is 0. The minimum Gasteiger partial charge on any atom is -0.464 e. The number of furan rings is 1. The molecule has 0 spiro atoms. The summed E-state index contributed by atoms with van der Waals surface area (Å²) < 4.78 is 7.71.